The highest BCUT2D eigenvalue weighted by Crippen LogP contribution is 2.32. The molecule has 1 fully saturated rings. The third kappa shape index (κ3) is 6.21. The highest BCUT2D eigenvalue weighted by Gasteiger charge is 2.36. The molecule has 0 aliphatic heterocycles. The quantitative estimate of drug-likeness (QED) is 0.256. The number of pyridine rings is 1. The highest BCUT2D eigenvalue weighted by molar-refractivity contribution is 7.89. The maximum Gasteiger partial charge on any atom is 0.255 e. The number of benzene rings is 2. The zero-order valence-corrected chi connectivity index (χ0v) is 22.3. The fraction of sp³-hybridized carbons (Fsp3) is 0.357. The molecule has 9 nitrogen and oxygen atoms in total. The van der Waals surface area contributed by atoms with E-state index in [1.165, 1.54) is 18.2 Å². The first-order valence-electron chi connectivity index (χ1n) is 12.6. The zero-order valence-electron chi connectivity index (χ0n) is 21.5. The Morgan fingerprint density at radius 3 is 2.16 bits per heavy atom. The molecule has 5 N–H and O–H groups in total. The number of aromatic amines is 1. The Hall–Kier alpha value is -3.31. The maximum atomic E-state index is 13.2. The molecule has 1 heterocycles. The summed E-state index contributed by atoms with van der Waals surface area (Å²) in [5, 5.41) is 13.7. The van der Waals surface area contributed by atoms with Crippen LogP contribution in [0.15, 0.2) is 82.6 Å². The van der Waals surface area contributed by atoms with Gasteiger partial charge in [-0.15, -0.1) is 4.41 Å². The number of hydrogen-bond donors (Lipinski definition) is 4. The van der Waals surface area contributed by atoms with Crippen molar-refractivity contribution in [3.63, 3.8) is 0 Å². The molecule has 2 aromatic carbocycles. The van der Waals surface area contributed by atoms with Gasteiger partial charge in [0.05, 0.1) is 16.5 Å². The van der Waals surface area contributed by atoms with E-state index in [0.717, 1.165) is 21.1 Å². The van der Waals surface area contributed by atoms with E-state index >= 15 is 0 Å². The zero-order chi connectivity index (χ0) is 27.5. The number of carbonyl (C=O) groups is 1. The van der Waals surface area contributed by atoms with Crippen LogP contribution in [0.2, 0.25) is 0 Å². The van der Waals surface area contributed by atoms with Gasteiger partial charge in [0.1, 0.15) is 0 Å². The Morgan fingerprint density at radius 2 is 1.61 bits per heavy atom. The second-order valence-corrected chi connectivity index (χ2v) is 12.2. The van der Waals surface area contributed by atoms with Crippen LogP contribution >= 0.6 is 0 Å². The molecule has 1 saturated carbocycles. The van der Waals surface area contributed by atoms with E-state index < -0.39 is 27.7 Å². The summed E-state index contributed by atoms with van der Waals surface area (Å²) in [4.78, 5) is 27.0. The van der Waals surface area contributed by atoms with Crippen molar-refractivity contribution in [1.29, 1.82) is 0 Å². The van der Waals surface area contributed by atoms with Crippen molar-refractivity contribution in [1.82, 2.24) is 14.7 Å². The van der Waals surface area contributed by atoms with Crippen LogP contribution in [-0.4, -0.2) is 40.5 Å². The van der Waals surface area contributed by atoms with Gasteiger partial charge in [0.25, 0.3) is 10.0 Å². The maximum absolute atomic E-state index is 13.2. The number of rotatable bonds is 8. The molecule has 1 aromatic heterocycles. The monoisotopic (exact) mass is 538 g/mol. The van der Waals surface area contributed by atoms with Crippen LogP contribution in [0.1, 0.15) is 51.1 Å². The first-order chi connectivity index (χ1) is 18.0. The number of sulfonamides is 1. The second kappa shape index (κ2) is 11.2. The topological polar surface area (TPSA) is 146 Å². The van der Waals surface area contributed by atoms with Crippen LogP contribution in [0.5, 0.6) is 0 Å². The van der Waals surface area contributed by atoms with Crippen LogP contribution in [0, 0.1) is 5.92 Å². The smallest absolute Gasteiger partial charge is 0.255 e. The Kier molecular flexibility index (Phi) is 8.17. The minimum atomic E-state index is -3.94. The van der Waals surface area contributed by atoms with Crippen molar-refractivity contribution < 1.29 is 18.3 Å². The third-order valence-corrected chi connectivity index (χ3v) is 8.82. The molecule has 1 amide bonds. The SMILES string of the molecule is CC(C)(O)[C@@H](NC(=O)C1CCC(N(N)S(=O)(=O)c2ccc(-c3ccc(=O)[nH]c3)cc2)CC1)c1ccccc1. The number of nitrogens with zero attached hydrogens (tertiary/aromatic N) is 1. The largest absolute Gasteiger partial charge is 0.388 e. The molecule has 0 unspecified atom stereocenters. The molecule has 0 saturated heterocycles. The first-order valence-corrected chi connectivity index (χ1v) is 14.1. The molecule has 1 atom stereocenters. The van der Waals surface area contributed by atoms with Crippen molar-refractivity contribution in [3.8, 4) is 11.1 Å². The normalized spacial score (nSPS) is 19.2. The van der Waals surface area contributed by atoms with Gasteiger partial charge in [-0.3, -0.25) is 15.4 Å². The number of nitrogens with two attached hydrogens (primary N) is 1. The second-order valence-electron chi connectivity index (χ2n) is 10.3. The van der Waals surface area contributed by atoms with Gasteiger partial charge in [0.15, 0.2) is 0 Å². The number of nitrogens with one attached hydrogen (secondary N) is 2. The predicted molar refractivity (Wildman–Crippen MR) is 145 cm³/mol. The summed E-state index contributed by atoms with van der Waals surface area (Å²) < 4.78 is 27.3. The van der Waals surface area contributed by atoms with Crippen molar-refractivity contribution in [3.05, 3.63) is 88.8 Å². The van der Waals surface area contributed by atoms with E-state index in [2.05, 4.69) is 10.3 Å². The number of aliphatic hydroxyl groups is 1. The van der Waals surface area contributed by atoms with Crippen molar-refractivity contribution in [2.45, 2.75) is 62.1 Å². The average molecular weight is 539 g/mol. The lowest BCUT2D eigenvalue weighted by Crippen LogP contribution is -2.49. The molecular weight excluding hydrogens is 504 g/mol. The standard InChI is InChI=1S/C28H34N4O5S/c1-28(2,35)26(20-6-4-3-5-7-20)31-27(34)21-8-13-23(14-9-21)32(29)38(36,37)24-15-10-19(11-16-24)22-12-17-25(33)30-18-22/h3-7,10-12,15-18,21,23,26,35H,8-9,13-14,29H2,1-2H3,(H,30,33)(H,31,34)/t21?,23?,26-/m0/s1. The van der Waals surface area contributed by atoms with Gasteiger partial charge in [-0.05, 0) is 74.4 Å². The lowest BCUT2D eigenvalue weighted by atomic mass is 9.84. The van der Waals surface area contributed by atoms with Crippen LogP contribution < -0.4 is 16.7 Å². The summed E-state index contributed by atoms with van der Waals surface area (Å²) in [6.07, 6.45) is 3.43. The van der Waals surface area contributed by atoms with Gasteiger partial charge in [-0.25, -0.2) is 8.42 Å². The molecule has 0 bridgehead atoms. The van der Waals surface area contributed by atoms with E-state index in [1.807, 2.05) is 30.3 Å². The molecule has 3 aromatic rings. The number of aromatic nitrogens is 1. The minimum absolute atomic E-state index is 0.0731. The molecule has 4 rings (SSSR count). The van der Waals surface area contributed by atoms with Gasteiger partial charge in [0.2, 0.25) is 11.5 Å². The molecule has 1 aliphatic carbocycles. The van der Waals surface area contributed by atoms with Crippen LogP contribution in [0.25, 0.3) is 11.1 Å². The summed E-state index contributed by atoms with van der Waals surface area (Å²) >= 11 is 0. The molecule has 38 heavy (non-hydrogen) atoms. The molecule has 202 valence electrons. The Bertz CT molecular complexity index is 1390. The fourth-order valence-corrected chi connectivity index (χ4v) is 6.22. The summed E-state index contributed by atoms with van der Waals surface area (Å²) in [6, 6.07) is 17.7. The number of H-pyrrole nitrogens is 1. The lowest BCUT2D eigenvalue weighted by Gasteiger charge is -2.35. The van der Waals surface area contributed by atoms with Gasteiger partial charge < -0.3 is 15.4 Å². The summed E-state index contributed by atoms with van der Waals surface area (Å²) in [6.45, 7) is 3.32. The molecule has 0 radical (unpaired) electrons. The van der Waals surface area contributed by atoms with E-state index in [-0.39, 0.29) is 22.3 Å². The van der Waals surface area contributed by atoms with E-state index in [4.69, 9.17) is 5.84 Å². The third-order valence-electron chi connectivity index (χ3n) is 7.10. The van der Waals surface area contributed by atoms with Gasteiger partial charge in [-0.2, -0.15) is 0 Å². The van der Waals surface area contributed by atoms with Crippen molar-refractivity contribution in [2.24, 2.45) is 11.8 Å². The Balaban J connectivity index is 1.38. The van der Waals surface area contributed by atoms with Gasteiger partial charge >= 0.3 is 0 Å². The fourth-order valence-electron chi connectivity index (χ4n) is 4.89. The molecular formula is C28H34N4O5S. The van der Waals surface area contributed by atoms with Crippen LogP contribution in [0.3, 0.4) is 0 Å². The number of carbonyl (C=O) groups excluding carboxylic acids is 1. The number of hydrogen-bond acceptors (Lipinski definition) is 6. The van der Waals surface area contributed by atoms with E-state index in [1.54, 1.807) is 38.2 Å². The highest BCUT2D eigenvalue weighted by atomic mass is 32.2. The van der Waals surface area contributed by atoms with E-state index in [9.17, 15) is 23.1 Å². The predicted octanol–water partition coefficient (Wildman–Crippen LogP) is 3.09. The molecule has 0 spiro atoms. The first kappa shape index (κ1) is 27.7. The van der Waals surface area contributed by atoms with Gasteiger partial charge in [0, 0.05) is 24.2 Å². The van der Waals surface area contributed by atoms with Gasteiger partial charge in [-0.1, -0.05) is 42.5 Å². The van der Waals surface area contributed by atoms with E-state index in [0.29, 0.717) is 25.7 Å². The van der Waals surface area contributed by atoms with Crippen LogP contribution in [0.4, 0.5) is 0 Å². The molecule has 1 aliphatic rings. The Morgan fingerprint density at radius 1 is 1.00 bits per heavy atom. The van der Waals surface area contributed by atoms with Crippen LogP contribution in [-0.2, 0) is 14.8 Å². The summed E-state index contributed by atoms with van der Waals surface area (Å²) in [7, 11) is -3.94. The average Bonchev–Trinajstić information content (AvgIpc) is 2.91. The summed E-state index contributed by atoms with van der Waals surface area (Å²) in [5.41, 5.74) is 0.952. The van der Waals surface area contributed by atoms with Crippen molar-refractivity contribution in [2.75, 3.05) is 0 Å². The lowest BCUT2D eigenvalue weighted by molar-refractivity contribution is -0.129. The number of hydrazine groups is 1. The Labute approximate surface area is 222 Å². The minimum Gasteiger partial charge on any atom is -0.388 e. The number of amides is 1. The van der Waals surface area contributed by atoms with Crippen molar-refractivity contribution >= 4 is 15.9 Å². The summed E-state index contributed by atoms with van der Waals surface area (Å²) in [5.74, 6) is 5.67. The molecule has 10 heteroatoms.